The van der Waals surface area contributed by atoms with E-state index in [0.29, 0.717) is 30.2 Å². The van der Waals surface area contributed by atoms with Gasteiger partial charge in [0.2, 0.25) is 11.8 Å². The van der Waals surface area contributed by atoms with Crippen LogP contribution in [0, 0.1) is 5.92 Å². The first kappa shape index (κ1) is 36.1. The van der Waals surface area contributed by atoms with Gasteiger partial charge in [-0.3, -0.25) is 24.6 Å². The first-order valence-corrected chi connectivity index (χ1v) is 20.2. The quantitative estimate of drug-likeness (QED) is 0.192. The van der Waals surface area contributed by atoms with E-state index < -0.39 is 6.04 Å². The van der Waals surface area contributed by atoms with Crippen LogP contribution in [0.4, 0.5) is 11.4 Å². The van der Waals surface area contributed by atoms with Gasteiger partial charge in [-0.1, -0.05) is 30.3 Å². The zero-order valence-electron chi connectivity index (χ0n) is 31.8. The van der Waals surface area contributed by atoms with Gasteiger partial charge in [0.1, 0.15) is 17.5 Å². The molecule has 9 rings (SSSR count). The molecule has 0 radical (unpaired) electrons. The standard InChI is InChI=1S/C46H49N5O5/c52-37-11-6-31(7-12-37)39-3-1-2-33-27-38(53)13-15-40(33)44(39)32-4-8-35(9-5-32)49-20-18-30(19-21-49)28-48-22-24-50(25-23-48)36-10-14-41-34(26-36)29-51(46(41)56)42-16-17-43(54)47-45(42)55/h4-15,26-27,30,42,52-53H,1-3,16-25,28-29H2,(H,47,54,55). The normalized spacial score (nSPS) is 20.9. The average Bonchev–Trinajstić information content (AvgIpc) is 3.41. The largest absolute Gasteiger partial charge is 0.508 e. The lowest BCUT2D eigenvalue weighted by atomic mass is 9.87. The number of phenolic OH excluding ortho intramolecular Hbond substituents is 2. The van der Waals surface area contributed by atoms with Crippen molar-refractivity contribution in [1.29, 1.82) is 0 Å². The summed E-state index contributed by atoms with van der Waals surface area (Å²) in [5.41, 5.74) is 11.1. The monoisotopic (exact) mass is 751 g/mol. The summed E-state index contributed by atoms with van der Waals surface area (Å²) in [5.74, 6) is 0.452. The van der Waals surface area contributed by atoms with Crippen molar-refractivity contribution in [1.82, 2.24) is 15.1 Å². The van der Waals surface area contributed by atoms with Gasteiger partial charge in [0.15, 0.2) is 0 Å². The second-order valence-corrected chi connectivity index (χ2v) is 16.1. The summed E-state index contributed by atoms with van der Waals surface area (Å²) in [4.78, 5) is 46.4. The number of fused-ring (bicyclic) bond motifs is 2. The molecule has 10 nitrogen and oxygen atoms in total. The maximum absolute atomic E-state index is 13.2. The molecular weight excluding hydrogens is 703 g/mol. The number of hydrogen-bond acceptors (Lipinski definition) is 8. The SMILES string of the molecule is O=C1CCC(N2Cc3cc(N4CCN(CC5CCN(c6ccc(C7=C(c8ccc(O)cc8)CCCc8cc(O)ccc87)cc6)CC5)CC4)ccc3C2=O)C(=O)N1. The predicted octanol–water partition coefficient (Wildman–Crippen LogP) is 6.19. The van der Waals surface area contributed by atoms with Gasteiger partial charge in [0.05, 0.1) is 0 Å². The molecule has 3 saturated heterocycles. The zero-order valence-corrected chi connectivity index (χ0v) is 31.8. The molecule has 56 heavy (non-hydrogen) atoms. The van der Waals surface area contributed by atoms with Crippen LogP contribution >= 0.6 is 0 Å². The fraction of sp³-hybridized carbons (Fsp3) is 0.370. The summed E-state index contributed by atoms with van der Waals surface area (Å²) < 4.78 is 0. The molecule has 4 aliphatic heterocycles. The number of amides is 3. The zero-order chi connectivity index (χ0) is 38.3. The van der Waals surface area contributed by atoms with Crippen LogP contribution in [0.2, 0.25) is 0 Å². The van der Waals surface area contributed by atoms with E-state index in [1.807, 2.05) is 30.3 Å². The fourth-order valence-electron chi connectivity index (χ4n) is 9.58. The Kier molecular flexibility index (Phi) is 9.75. The topological polar surface area (TPSA) is 117 Å². The van der Waals surface area contributed by atoms with E-state index in [2.05, 4.69) is 56.4 Å². The average molecular weight is 752 g/mol. The molecule has 0 aromatic heterocycles. The number of piperidine rings is 2. The Bertz CT molecular complexity index is 2180. The van der Waals surface area contributed by atoms with Crippen LogP contribution in [-0.4, -0.2) is 89.6 Å². The first-order valence-electron chi connectivity index (χ1n) is 20.2. The molecule has 10 heteroatoms. The van der Waals surface area contributed by atoms with E-state index in [1.54, 1.807) is 23.1 Å². The molecule has 4 aromatic rings. The summed E-state index contributed by atoms with van der Waals surface area (Å²) >= 11 is 0. The maximum Gasteiger partial charge on any atom is 0.255 e. The molecule has 0 bridgehead atoms. The van der Waals surface area contributed by atoms with Crippen LogP contribution < -0.4 is 15.1 Å². The number of piperazine rings is 1. The third kappa shape index (κ3) is 7.14. The van der Waals surface area contributed by atoms with Crippen LogP contribution in [0.3, 0.4) is 0 Å². The molecule has 1 unspecified atom stereocenters. The predicted molar refractivity (Wildman–Crippen MR) is 218 cm³/mol. The number of aryl methyl sites for hydroxylation is 1. The molecule has 1 atom stereocenters. The minimum absolute atomic E-state index is 0.129. The summed E-state index contributed by atoms with van der Waals surface area (Å²) in [7, 11) is 0. The van der Waals surface area contributed by atoms with Crippen molar-refractivity contribution in [2.24, 2.45) is 5.92 Å². The number of carbonyl (C=O) groups is 3. The second kappa shape index (κ2) is 15.1. The molecule has 1 aliphatic carbocycles. The molecule has 0 saturated carbocycles. The molecule has 4 heterocycles. The number of imide groups is 1. The van der Waals surface area contributed by atoms with Crippen LogP contribution in [0.5, 0.6) is 11.5 Å². The Morgan fingerprint density at radius 3 is 2.05 bits per heavy atom. The fourth-order valence-corrected chi connectivity index (χ4v) is 9.58. The maximum atomic E-state index is 13.2. The number of carbonyl (C=O) groups excluding carboxylic acids is 3. The van der Waals surface area contributed by atoms with Gasteiger partial charge in [-0.2, -0.15) is 0 Å². The van der Waals surface area contributed by atoms with Crippen molar-refractivity contribution >= 4 is 40.2 Å². The third-order valence-electron chi connectivity index (χ3n) is 12.6. The third-order valence-corrected chi connectivity index (χ3v) is 12.6. The molecule has 3 fully saturated rings. The second-order valence-electron chi connectivity index (χ2n) is 16.1. The van der Waals surface area contributed by atoms with Crippen molar-refractivity contribution in [3.63, 3.8) is 0 Å². The molecule has 288 valence electrons. The smallest absolute Gasteiger partial charge is 0.255 e. The molecule has 3 N–H and O–H groups in total. The highest BCUT2D eigenvalue weighted by atomic mass is 16.3. The van der Waals surface area contributed by atoms with Gasteiger partial charge in [-0.25, -0.2) is 0 Å². The van der Waals surface area contributed by atoms with Gasteiger partial charge in [0, 0.05) is 75.7 Å². The van der Waals surface area contributed by atoms with Gasteiger partial charge in [0.25, 0.3) is 5.91 Å². The van der Waals surface area contributed by atoms with E-state index in [0.717, 1.165) is 94.7 Å². The Morgan fingerprint density at radius 2 is 1.30 bits per heavy atom. The molecule has 4 aromatic carbocycles. The number of phenols is 2. The number of anilines is 2. The van der Waals surface area contributed by atoms with Crippen LogP contribution in [0.15, 0.2) is 84.9 Å². The number of nitrogens with zero attached hydrogens (tertiary/aromatic N) is 4. The lowest BCUT2D eigenvalue weighted by Gasteiger charge is -2.40. The van der Waals surface area contributed by atoms with Crippen molar-refractivity contribution in [2.75, 3.05) is 55.6 Å². The van der Waals surface area contributed by atoms with Crippen molar-refractivity contribution < 1.29 is 24.6 Å². The number of rotatable bonds is 7. The van der Waals surface area contributed by atoms with Gasteiger partial charge in [-0.05, 0) is 138 Å². The van der Waals surface area contributed by atoms with E-state index in [1.165, 1.54) is 33.5 Å². The molecule has 5 aliphatic rings. The Hall–Kier alpha value is -5.61. The highest BCUT2D eigenvalue weighted by Gasteiger charge is 2.39. The highest BCUT2D eigenvalue weighted by molar-refractivity contribution is 6.05. The number of allylic oxidation sites excluding steroid dienone is 1. The number of hydrogen-bond donors (Lipinski definition) is 3. The van der Waals surface area contributed by atoms with E-state index in [9.17, 15) is 24.6 Å². The van der Waals surface area contributed by atoms with Crippen LogP contribution in [0.25, 0.3) is 11.1 Å². The highest BCUT2D eigenvalue weighted by Crippen LogP contribution is 2.41. The Morgan fingerprint density at radius 1 is 0.625 bits per heavy atom. The summed E-state index contributed by atoms with van der Waals surface area (Å²) in [6, 6.07) is 27.8. The van der Waals surface area contributed by atoms with Crippen LogP contribution in [0.1, 0.15) is 76.7 Å². The van der Waals surface area contributed by atoms with E-state index in [4.69, 9.17) is 0 Å². The van der Waals surface area contributed by atoms with Gasteiger partial charge >= 0.3 is 0 Å². The first-order chi connectivity index (χ1) is 27.3. The van der Waals surface area contributed by atoms with Gasteiger partial charge in [-0.15, -0.1) is 0 Å². The summed E-state index contributed by atoms with van der Waals surface area (Å²) in [6.45, 7) is 7.47. The van der Waals surface area contributed by atoms with Crippen LogP contribution in [-0.2, 0) is 22.6 Å². The Balaban J connectivity index is 0.802. The van der Waals surface area contributed by atoms with Crippen molar-refractivity contribution in [2.45, 2.75) is 57.5 Å². The minimum Gasteiger partial charge on any atom is -0.508 e. The summed E-state index contributed by atoms with van der Waals surface area (Å²) in [5, 5.41) is 22.7. The van der Waals surface area contributed by atoms with E-state index >= 15 is 0 Å². The molecule has 3 amide bonds. The Labute approximate surface area is 328 Å². The molecular formula is C46H49N5O5. The number of aromatic hydroxyl groups is 2. The molecule has 0 spiro atoms. The van der Waals surface area contributed by atoms with Crippen molar-refractivity contribution in [3.8, 4) is 11.5 Å². The number of benzene rings is 4. The minimum atomic E-state index is -0.594. The lowest BCUT2D eigenvalue weighted by molar-refractivity contribution is -0.136. The lowest BCUT2D eigenvalue weighted by Crippen LogP contribution is -2.52. The number of nitrogens with one attached hydrogen (secondary N) is 1. The van der Waals surface area contributed by atoms with Crippen molar-refractivity contribution in [3.05, 3.63) is 118 Å². The van der Waals surface area contributed by atoms with Gasteiger partial charge < -0.3 is 24.9 Å². The summed E-state index contributed by atoms with van der Waals surface area (Å²) in [6.07, 6.45) is 5.78. The van der Waals surface area contributed by atoms with E-state index in [-0.39, 0.29) is 29.9 Å².